The largest absolute Gasteiger partial charge is 0.554 e. The molecule has 3 aliphatic rings. The Labute approximate surface area is 344 Å². The SMILES string of the molecule is CC1(C)C(=C=CC2CCCC(/C=C/C3=[N+](CCCC=S(=O)=O)c4ccccc4C3(C)C)=C2Cl)N(CCCCCC(=O)Nc2ccccc2)c2ccccc21.O=C[O-]. The van der Waals surface area contributed by atoms with Crippen LogP contribution >= 0.6 is 11.6 Å². The van der Waals surface area contributed by atoms with Crippen molar-refractivity contribution >= 4 is 62.4 Å². The molecule has 1 unspecified atom stereocenters. The summed E-state index contributed by atoms with van der Waals surface area (Å²) in [6.45, 7) is 10.2. The van der Waals surface area contributed by atoms with Gasteiger partial charge in [0, 0.05) is 76.7 Å². The van der Waals surface area contributed by atoms with Gasteiger partial charge in [0.25, 0.3) is 0 Å². The zero-order valence-corrected chi connectivity index (χ0v) is 35.0. The zero-order chi connectivity index (χ0) is 41.0. The summed E-state index contributed by atoms with van der Waals surface area (Å²) in [6.07, 6.45) is 14.1. The van der Waals surface area contributed by atoms with Gasteiger partial charge in [-0.05, 0) is 102 Å². The Kier molecular flexibility index (Phi) is 15.1. The van der Waals surface area contributed by atoms with Gasteiger partial charge in [-0.25, -0.2) is 0 Å². The Morgan fingerprint density at radius 2 is 1.61 bits per heavy atom. The minimum absolute atomic E-state index is 0.0580. The van der Waals surface area contributed by atoms with E-state index in [1.165, 1.54) is 33.6 Å². The number of rotatable bonds is 14. The van der Waals surface area contributed by atoms with E-state index in [0.29, 0.717) is 12.8 Å². The Balaban J connectivity index is 0.00000200. The number of benzene rings is 3. The first-order chi connectivity index (χ1) is 27.4. The summed E-state index contributed by atoms with van der Waals surface area (Å²) in [5.41, 5.74) is 12.7. The number of fused-ring (bicyclic) bond motifs is 2. The number of amides is 1. The summed E-state index contributed by atoms with van der Waals surface area (Å²) in [5.74, 6) is 0.137. The topological polar surface area (TPSA) is 110 Å². The molecule has 0 radical (unpaired) electrons. The minimum Gasteiger partial charge on any atom is -0.554 e. The van der Waals surface area contributed by atoms with Gasteiger partial charge >= 0.3 is 0 Å². The van der Waals surface area contributed by atoms with Crippen LogP contribution in [0, 0.1) is 5.92 Å². The van der Waals surface area contributed by atoms with Crippen molar-refractivity contribution in [3.8, 4) is 0 Å². The molecule has 0 saturated carbocycles. The molecule has 2 aliphatic heterocycles. The molecule has 10 heteroatoms. The maximum absolute atomic E-state index is 12.5. The number of hydrogen-bond donors (Lipinski definition) is 1. The average Bonchev–Trinajstić information content (AvgIpc) is 3.54. The third-order valence-electron chi connectivity index (χ3n) is 11.2. The average molecular weight is 808 g/mol. The second-order valence-electron chi connectivity index (χ2n) is 15.7. The molecule has 0 spiro atoms. The van der Waals surface area contributed by atoms with Crippen LogP contribution in [0.4, 0.5) is 17.1 Å². The molecule has 3 aromatic carbocycles. The summed E-state index contributed by atoms with van der Waals surface area (Å²) in [5, 5.41) is 13.5. The highest BCUT2D eigenvalue weighted by atomic mass is 35.5. The van der Waals surface area contributed by atoms with Gasteiger partial charge in [-0.15, -0.1) is 5.73 Å². The molecule has 300 valence electrons. The van der Waals surface area contributed by atoms with Gasteiger partial charge in [-0.2, -0.15) is 13.0 Å². The molecule has 1 amide bonds. The highest BCUT2D eigenvalue weighted by Gasteiger charge is 2.44. The van der Waals surface area contributed by atoms with Crippen molar-refractivity contribution in [1.29, 1.82) is 0 Å². The van der Waals surface area contributed by atoms with E-state index in [-0.39, 0.29) is 22.7 Å². The van der Waals surface area contributed by atoms with Crippen LogP contribution < -0.4 is 15.3 Å². The molecular weight excluding hydrogens is 754 g/mol. The van der Waals surface area contributed by atoms with Crippen molar-refractivity contribution in [2.45, 2.75) is 96.3 Å². The lowest BCUT2D eigenvalue weighted by Crippen LogP contribution is -2.28. The monoisotopic (exact) mass is 807 g/mol. The van der Waals surface area contributed by atoms with E-state index in [2.05, 4.69) is 115 Å². The first kappa shape index (κ1) is 43.2. The lowest BCUT2D eigenvalue weighted by molar-refractivity contribution is -0.437. The van der Waals surface area contributed by atoms with Gasteiger partial charge < -0.3 is 20.1 Å². The van der Waals surface area contributed by atoms with Crippen LogP contribution in [0.5, 0.6) is 0 Å². The van der Waals surface area contributed by atoms with E-state index in [9.17, 15) is 13.2 Å². The molecule has 1 atom stereocenters. The van der Waals surface area contributed by atoms with Crippen LogP contribution in [0.25, 0.3) is 0 Å². The second-order valence-corrected chi connectivity index (χ2v) is 17.0. The van der Waals surface area contributed by atoms with Crippen LogP contribution in [0.3, 0.4) is 0 Å². The quantitative estimate of drug-likeness (QED) is 0.0574. The molecule has 57 heavy (non-hydrogen) atoms. The number of anilines is 2. The fourth-order valence-electron chi connectivity index (χ4n) is 8.28. The summed E-state index contributed by atoms with van der Waals surface area (Å²) in [7, 11) is -2.14. The maximum Gasteiger partial charge on any atom is 0.224 e. The summed E-state index contributed by atoms with van der Waals surface area (Å²) >= 11 is 7.26. The third-order valence-corrected chi connectivity index (χ3v) is 12.2. The normalized spacial score (nSPS) is 17.7. The molecule has 6 rings (SSSR count). The van der Waals surface area contributed by atoms with E-state index in [1.807, 2.05) is 30.3 Å². The van der Waals surface area contributed by atoms with Crippen molar-refractivity contribution in [2.24, 2.45) is 5.92 Å². The lowest BCUT2D eigenvalue weighted by Gasteiger charge is -2.26. The molecule has 1 N–H and O–H groups in total. The summed E-state index contributed by atoms with van der Waals surface area (Å²) < 4.78 is 24.6. The fourth-order valence-corrected chi connectivity index (χ4v) is 8.97. The number of halogens is 1. The van der Waals surface area contributed by atoms with Gasteiger partial charge in [0.2, 0.25) is 21.9 Å². The smallest absolute Gasteiger partial charge is 0.224 e. The van der Waals surface area contributed by atoms with Gasteiger partial charge in [0.15, 0.2) is 5.71 Å². The highest BCUT2D eigenvalue weighted by Crippen LogP contribution is 2.48. The van der Waals surface area contributed by atoms with E-state index in [0.717, 1.165) is 80.0 Å². The van der Waals surface area contributed by atoms with E-state index in [4.69, 9.17) is 21.5 Å². The van der Waals surface area contributed by atoms with E-state index < -0.39 is 16.8 Å². The number of hydrogen-bond acceptors (Lipinski definition) is 6. The molecule has 3 aromatic rings. The van der Waals surface area contributed by atoms with Crippen LogP contribution in [-0.4, -0.2) is 49.5 Å². The number of allylic oxidation sites excluding steroid dienone is 5. The van der Waals surface area contributed by atoms with Crippen molar-refractivity contribution in [3.63, 3.8) is 0 Å². The molecule has 0 saturated heterocycles. The first-order valence-corrected chi connectivity index (χ1v) is 21.4. The number of carbonyl (C=O) groups excluding carboxylic acids is 2. The number of nitrogens with one attached hydrogen (secondary N) is 1. The maximum atomic E-state index is 12.5. The predicted molar refractivity (Wildman–Crippen MR) is 231 cm³/mol. The number of unbranched alkanes of at least 4 members (excludes halogenated alkanes) is 3. The summed E-state index contributed by atoms with van der Waals surface area (Å²) in [4.78, 5) is 23.2. The van der Waals surface area contributed by atoms with Crippen molar-refractivity contribution in [3.05, 3.63) is 130 Å². The van der Waals surface area contributed by atoms with Crippen LogP contribution in [0.15, 0.2) is 119 Å². The lowest BCUT2D eigenvalue weighted by atomic mass is 9.81. The van der Waals surface area contributed by atoms with Crippen LogP contribution in [-0.2, 0) is 30.7 Å². The van der Waals surface area contributed by atoms with Gasteiger partial charge in [0.1, 0.15) is 6.54 Å². The standard InChI is InChI=1S/C46H52ClN3O3S.CH2O2/c1-45(2)37-22-10-12-24-39(37)49(31-14-6-9-26-43(51)48-36-20-7-5-8-21-36)41(45)29-27-34-18-17-19-35(44(34)47)28-30-42-46(3,4)38-23-11-13-25-40(38)50(42)32-15-16-33-54(52)53;2-1-3/h5,7-8,10-13,20-25,27-28,30,33-34H,6,9,14-19,26,31-32H2,1-4H3;1H,(H,2,3)/b30-28+;. The highest BCUT2D eigenvalue weighted by molar-refractivity contribution is 7.71. The zero-order valence-electron chi connectivity index (χ0n) is 33.5. The molecule has 0 bridgehead atoms. The number of para-hydroxylation sites is 3. The molecular formula is C47H54ClN3O5S. The molecule has 0 fully saturated rings. The number of carboxylic acid groups (broad SMARTS) is 1. The van der Waals surface area contributed by atoms with Gasteiger partial charge in [0.05, 0.1) is 11.1 Å². The fraction of sp³-hybridized carbons (Fsp3) is 0.383. The molecule has 0 aromatic heterocycles. The summed E-state index contributed by atoms with van der Waals surface area (Å²) in [6, 6.07) is 26.8. The van der Waals surface area contributed by atoms with Crippen LogP contribution in [0.2, 0.25) is 0 Å². The minimum atomic E-state index is -2.14. The Morgan fingerprint density at radius 1 is 0.930 bits per heavy atom. The molecule has 1 aliphatic carbocycles. The van der Waals surface area contributed by atoms with Gasteiger partial charge in [-0.3, -0.25) is 4.79 Å². The first-order valence-electron chi connectivity index (χ1n) is 19.9. The Hall–Kier alpha value is -4.95. The number of nitrogens with zero attached hydrogens (tertiary/aromatic N) is 2. The second kappa shape index (κ2) is 20.0. The van der Waals surface area contributed by atoms with Crippen molar-refractivity contribution in [1.82, 2.24) is 0 Å². The third kappa shape index (κ3) is 10.5. The molecule has 8 nitrogen and oxygen atoms in total. The number of carbonyl (C=O) groups is 2. The van der Waals surface area contributed by atoms with Crippen LogP contribution in [0.1, 0.15) is 96.6 Å². The van der Waals surface area contributed by atoms with E-state index in [1.54, 1.807) is 0 Å². The Bertz CT molecular complexity index is 2220. The van der Waals surface area contributed by atoms with Crippen molar-refractivity contribution < 1.29 is 27.7 Å². The van der Waals surface area contributed by atoms with Gasteiger partial charge in [-0.1, -0.05) is 78.7 Å². The Morgan fingerprint density at radius 3 is 2.35 bits per heavy atom. The molecule has 2 heterocycles. The van der Waals surface area contributed by atoms with Crippen molar-refractivity contribution in [2.75, 3.05) is 23.3 Å². The van der Waals surface area contributed by atoms with E-state index >= 15 is 0 Å². The predicted octanol–water partition coefficient (Wildman–Crippen LogP) is 8.78.